The Morgan fingerprint density at radius 2 is 2.00 bits per heavy atom. The maximum atomic E-state index is 13.4. The molecule has 0 saturated carbocycles. The average molecular weight is 267 g/mol. The van der Waals surface area contributed by atoms with Gasteiger partial charge in [0.2, 0.25) is 0 Å². The summed E-state index contributed by atoms with van der Waals surface area (Å²) in [5.74, 6) is -2.28. The van der Waals surface area contributed by atoms with E-state index in [-0.39, 0.29) is 5.69 Å². The molecule has 0 unspecified atom stereocenters. The number of carbonyl (C=O) groups is 2. The molecule has 0 aliphatic carbocycles. The highest BCUT2D eigenvalue weighted by Crippen LogP contribution is 2.19. The van der Waals surface area contributed by atoms with Crippen molar-refractivity contribution in [1.29, 1.82) is 0 Å². The number of hydrogen-bond donors (Lipinski definition) is 3. The van der Waals surface area contributed by atoms with Crippen molar-refractivity contribution in [3.05, 3.63) is 29.6 Å². The SMILES string of the molecule is O=C(O)c1c(F)cccc1NC(=O)N1CCNCC1. The number of carboxylic acid groups (broad SMARTS) is 1. The van der Waals surface area contributed by atoms with Crippen LogP contribution in [0.2, 0.25) is 0 Å². The van der Waals surface area contributed by atoms with E-state index in [1.54, 1.807) is 4.90 Å². The molecule has 2 rings (SSSR count). The van der Waals surface area contributed by atoms with Gasteiger partial charge in [-0.05, 0) is 12.1 Å². The van der Waals surface area contributed by atoms with Gasteiger partial charge < -0.3 is 20.6 Å². The zero-order chi connectivity index (χ0) is 13.8. The smallest absolute Gasteiger partial charge is 0.340 e. The Kier molecular flexibility index (Phi) is 3.96. The predicted molar refractivity (Wildman–Crippen MR) is 66.8 cm³/mol. The van der Waals surface area contributed by atoms with Gasteiger partial charge in [0.1, 0.15) is 11.4 Å². The highest BCUT2D eigenvalue weighted by molar-refractivity contribution is 6.00. The molecule has 0 radical (unpaired) electrons. The van der Waals surface area contributed by atoms with E-state index in [9.17, 15) is 14.0 Å². The van der Waals surface area contributed by atoms with Crippen LogP contribution in [0, 0.1) is 5.82 Å². The van der Waals surface area contributed by atoms with Crippen LogP contribution in [0.15, 0.2) is 18.2 Å². The summed E-state index contributed by atoms with van der Waals surface area (Å²) in [6.07, 6.45) is 0. The number of carboxylic acids is 1. The number of amides is 2. The molecule has 0 spiro atoms. The lowest BCUT2D eigenvalue weighted by molar-refractivity contribution is 0.0693. The van der Waals surface area contributed by atoms with E-state index >= 15 is 0 Å². The molecule has 102 valence electrons. The van der Waals surface area contributed by atoms with Gasteiger partial charge in [0.15, 0.2) is 0 Å². The first-order valence-corrected chi connectivity index (χ1v) is 5.88. The first-order valence-electron chi connectivity index (χ1n) is 5.88. The second kappa shape index (κ2) is 5.66. The van der Waals surface area contributed by atoms with Crippen molar-refractivity contribution >= 4 is 17.7 Å². The molecule has 1 fully saturated rings. The molecule has 2 amide bonds. The summed E-state index contributed by atoms with van der Waals surface area (Å²) in [5.41, 5.74) is -0.554. The van der Waals surface area contributed by atoms with E-state index < -0.39 is 23.4 Å². The van der Waals surface area contributed by atoms with Crippen molar-refractivity contribution in [1.82, 2.24) is 10.2 Å². The number of carbonyl (C=O) groups excluding carboxylic acids is 1. The normalized spacial score (nSPS) is 15.1. The van der Waals surface area contributed by atoms with E-state index in [2.05, 4.69) is 10.6 Å². The number of nitrogens with zero attached hydrogens (tertiary/aromatic N) is 1. The van der Waals surface area contributed by atoms with E-state index in [4.69, 9.17) is 5.11 Å². The number of rotatable bonds is 2. The van der Waals surface area contributed by atoms with Crippen LogP contribution in [-0.2, 0) is 0 Å². The molecule has 1 saturated heterocycles. The highest BCUT2D eigenvalue weighted by Gasteiger charge is 2.20. The molecular weight excluding hydrogens is 253 g/mol. The van der Waals surface area contributed by atoms with Crippen molar-refractivity contribution in [3.8, 4) is 0 Å². The number of piperazine rings is 1. The zero-order valence-electron chi connectivity index (χ0n) is 10.1. The average Bonchev–Trinajstić information content (AvgIpc) is 2.39. The van der Waals surface area contributed by atoms with E-state index in [0.29, 0.717) is 26.2 Å². The summed E-state index contributed by atoms with van der Waals surface area (Å²) in [4.78, 5) is 24.5. The van der Waals surface area contributed by atoms with Gasteiger partial charge in [-0.25, -0.2) is 14.0 Å². The number of hydrogen-bond acceptors (Lipinski definition) is 3. The second-order valence-corrected chi connectivity index (χ2v) is 4.13. The molecule has 0 aromatic heterocycles. The van der Waals surface area contributed by atoms with Crippen LogP contribution in [0.3, 0.4) is 0 Å². The minimum Gasteiger partial charge on any atom is -0.478 e. The first-order chi connectivity index (χ1) is 9.09. The molecule has 3 N–H and O–H groups in total. The minimum absolute atomic E-state index is 0.0315. The number of aromatic carboxylic acids is 1. The van der Waals surface area contributed by atoms with E-state index in [0.717, 1.165) is 6.07 Å². The number of anilines is 1. The summed E-state index contributed by atoms with van der Waals surface area (Å²) >= 11 is 0. The van der Waals surface area contributed by atoms with Crippen LogP contribution in [0.25, 0.3) is 0 Å². The standard InChI is InChI=1S/C12H14FN3O3/c13-8-2-1-3-9(10(8)11(17)18)15-12(19)16-6-4-14-5-7-16/h1-3,14H,4-7H2,(H,15,19)(H,17,18). The molecular formula is C12H14FN3O3. The van der Waals surface area contributed by atoms with Gasteiger partial charge >= 0.3 is 12.0 Å². The predicted octanol–water partition coefficient (Wildman–Crippen LogP) is 0.961. The van der Waals surface area contributed by atoms with Crippen LogP contribution < -0.4 is 10.6 Å². The third kappa shape index (κ3) is 3.00. The molecule has 1 heterocycles. The number of halogens is 1. The van der Waals surface area contributed by atoms with Gasteiger partial charge in [-0.3, -0.25) is 0 Å². The highest BCUT2D eigenvalue weighted by atomic mass is 19.1. The van der Waals surface area contributed by atoms with Gasteiger partial charge in [0.05, 0.1) is 5.69 Å². The Morgan fingerprint density at radius 1 is 1.32 bits per heavy atom. The van der Waals surface area contributed by atoms with Crippen LogP contribution in [0.5, 0.6) is 0 Å². The fraction of sp³-hybridized carbons (Fsp3) is 0.333. The van der Waals surface area contributed by atoms with Crippen molar-refractivity contribution < 1.29 is 19.1 Å². The molecule has 0 bridgehead atoms. The van der Waals surface area contributed by atoms with Crippen LogP contribution in [0.1, 0.15) is 10.4 Å². The first kappa shape index (κ1) is 13.3. The molecule has 7 heteroatoms. The molecule has 1 aromatic carbocycles. The fourth-order valence-corrected chi connectivity index (χ4v) is 1.91. The quantitative estimate of drug-likeness (QED) is 0.745. The van der Waals surface area contributed by atoms with Crippen molar-refractivity contribution in [2.75, 3.05) is 31.5 Å². The maximum Gasteiger partial charge on any atom is 0.340 e. The lowest BCUT2D eigenvalue weighted by Crippen LogP contribution is -2.48. The largest absolute Gasteiger partial charge is 0.478 e. The molecule has 0 atom stereocenters. The lowest BCUT2D eigenvalue weighted by atomic mass is 10.1. The minimum atomic E-state index is -1.41. The third-order valence-corrected chi connectivity index (χ3v) is 2.87. The van der Waals surface area contributed by atoms with Gasteiger partial charge in [0.25, 0.3) is 0 Å². The van der Waals surface area contributed by atoms with E-state index in [1.807, 2.05) is 0 Å². The van der Waals surface area contributed by atoms with Gasteiger partial charge in [-0.2, -0.15) is 0 Å². The zero-order valence-corrected chi connectivity index (χ0v) is 10.1. The molecule has 1 aromatic rings. The summed E-state index contributed by atoms with van der Waals surface area (Å²) in [7, 11) is 0. The molecule has 6 nitrogen and oxygen atoms in total. The Labute approximate surface area is 109 Å². The second-order valence-electron chi connectivity index (χ2n) is 4.13. The summed E-state index contributed by atoms with van der Waals surface area (Å²) < 4.78 is 13.4. The number of nitrogens with one attached hydrogen (secondary N) is 2. The summed E-state index contributed by atoms with van der Waals surface area (Å²) in [6.45, 7) is 2.43. The van der Waals surface area contributed by atoms with Crippen LogP contribution in [0.4, 0.5) is 14.9 Å². The molecule has 19 heavy (non-hydrogen) atoms. The van der Waals surface area contributed by atoms with Gasteiger partial charge in [-0.15, -0.1) is 0 Å². The van der Waals surface area contributed by atoms with E-state index in [1.165, 1.54) is 12.1 Å². The molecule has 1 aliphatic heterocycles. The molecule has 1 aliphatic rings. The monoisotopic (exact) mass is 267 g/mol. The van der Waals surface area contributed by atoms with Crippen molar-refractivity contribution in [2.45, 2.75) is 0 Å². The Morgan fingerprint density at radius 3 is 2.63 bits per heavy atom. The number of benzene rings is 1. The van der Waals surface area contributed by atoms with Crippen LogP contribution >= 0.6 is 0 Å². The Balaban J connectivity index is 2.16. The summed E-state index contributed by atoms with van der Waals surface area (Å²) in [5, 5.41) is 14.5. The van der Waals surface area contributed by atoms with Gasteiger partial charge in [-0.1, -0.05) is 6.07 Å². The van der Waals surface area contributed by atoms with Gasteiger partial charge in [0, 0.05) is 26.2 Å². The van der Waals surface area contributed by atoms with Crippen molar-refractivity contribution in [2.24, 2.45) is 0 Å². The number of urea groups is 1. The Bertz CT molecular complexity index is 501. The fourth-order valence-electron chi connectivity index (χ4n) is 1.91. The third-order valence-electron chi connectivity index (χ3n) is 2.87. The Hall–Kier alpha value is -2.15. The topological polar surface area (TPSA) is 81.7 Å². The maximum absolute atomic E-state index is 13.4. The van der Waals surface area contributed by atoms with Crippen molar-refractivity contribution in [3.63, 3.8) is 0 Å². The van der Waals surface area contributed by atoms with Crippen LogP contribution in [-0.4, -0.2) is 48.2 Å². The summed E-state index contributed by atoms with van der Waals surface area (Å²) in [6, 6.07) is 3.35. The lowest BCUT2D eigenvalue weighted by Gasteiger charge is -2.27.